The number of esters is 1. The fourth-order valence-electron chi connectivity index (χ4n) is 2.63. The van der Waals surface area contributed by atoms with Gasteiger partial charge in [0, 0.05) is 12.6 Å². The van der Waals surface area contributed by atoms with Gasteiger partial charge in [-0.3, -0.25) is 9.78 Å². The number of rotatable bonds is 12. The third kappa shape index (κ3) is 9.03. The molecule has 0 aliphatic heterocycles. The predicted octanol–water partition coefficient (Wildman–Crippen LogP) is 5.49. The Bertz CT molecular complexity index is 546. The molecule has 1 rings (SSSR count). The van der Waals surface area contributed by atoms with E-state index < -0.39 is 6.10 Å². The van der Waals surface area contributed by atoms with Crippen molar-refractivity contribution >= 4 is 23.6 Å². The SMILES string of the molecule is CCCCCCC/C=C/c1cc(Cl)cnc1C(O)CCCC(=O)OC. The van der Waals surface area contributed by atoms with Crippen LogP contribution in [-0.2, 0) is 9.53 Å². The van der Waals surface area contributed by atoms with Gasteiger partial charge in [0.1, 0.15) is 0 Å². The molecule has 0 radical (unpaired) electrons. The molecular weight excluding hydrogens is 338 g/mol. The minimum atomic E-state index is -0.717. The molecule has 1 aromatic rings. The summed E-state index contributed by atoms with van der Waals surface area (Å²) in [6.07, 6.45) is 13.5. The van der Waals surface area contributed by atoms with Crippen LogP contribution in [-0.4, -0.2) is 23.2 Å². The molecule has 1 N–H and O–H groups in total. The first-order chi connectivity index (χ1) is 12.1. The van der Waals surface area contributed by atoms with Crippen molar-refractivity contribution in [3.05, 3.63) is 34.6 Å². The number of aliphatic hydroxyl groups is 1. The summed E-state index contributed by atoms with van der Waals surface area (Å²) in [5.74, 6) is -0.264. The Morgan fingerprint density at radius 3 is 2.80 bits per heavy atom. The van der Waals surface area contributed by atoms with Gasteiger partial charge in [-0.15, -0.1) is 0 Å². The zero-order valence-corrected chi connectivity index (χ0v) is 16.1. The van der Waals surface area contributed by atoms with Crippen LogP contribution < -0.4 is 0 Å². The van der Waals surface area contributed by atoms with E-state index >= 15 is 0 Å². The number of allylic oxidation sites excluding steroid dienone is 1. The van der Waals surface area contributed by atoms with Crippen LogP contribution >= 0.6 is 11.6 Å². The maximum Gasteiger partial charge on any atom is 0.305 e. The van der Waals surface area contributed by atoms with Gasteiger partial charge >= 0.3 is 5.97 Å². The zero-order valence-electron chi connectivity index (χ0n) is 15.3. The summed E-state index contributed by atoms with van der Waals surface area (Å²) in [6.45, 7) is 2.21. The van der Waals surface area contributed by atoms with Crippen molar-refractivity contribution in [2.24, 2.45) is 0 Å². The van der Waals surface area contributed by atoms with Crippen molar-refractivity contribution in [2.75, 3.05) is 7.11 Å². The molecular formula is C20H30ClNO3. The van der Waals surface area contributed by atoms with Crippen LogP contribution in [0.15, 0.2) is 18.3 Å². The van der Waals surface area contributed by atoms with Crippen LogP contribution in [0, 0.1) is 0 Å². The smallest absolute Gasteiger partial charge is 0.305 e. The van der Waals surface area contributed by atoms with Crippen molar-refractivity contribution in [3.63, 3.8) is 0 Å². The summed E-state index contributed by atoms with van der Waals surface area (Å²) >= 11 is 6.04. The summed E-state index contributed by atoms with van der Waals surface area (Å²) in [4.78, 5) is 15.4. The number of hydrogen-bond acceptors (Lipinski definition) is 4. The Hall–Kier alpha value is -1.39. The molecule has 25 heavy (non-hydrogen) atoms. The van der Waals surface area contributed by atoms with Crippen LogP contribution in [0.25, 0.3) is 6.08 Å². The second-order valence-electron chi connectivity index (χ2n) is 6.22. The second-order valence-corrected chi connectivity index (χ2v) is 6.65. The van der Waals surface area contributed by atoms with E-state index in [2.05, 4.69) is 22.7 Å². The van der Waals surface area contributed by atoms with Gasteiger partial charge in [-0.25, -0.2) is 0 Å². The average molecular weight is 368 g/mol. The number of aromatic nitrogens is 1. The van der Waals surface area contributed by atoms with Crippen molar-refractivity contribution < 1.29 is 14.6 Å². The fraction of sp³-hybridized carbons (Fsp3) is 0.600. The normalized spacial score (nSPS) is 12.5. The van der Waals surface area contributed by atoms with E-state index in [-0.39, 0.29) is 5.97 Å². The first-order valence-corrected chi connectivity index (χ1v) is 9.53. The number of unbranched alkanes of at least 4 members (excludes halogenated alkanes) is 5. The Kier molecular flexibility index (Phi) is 11.2. The van der Waals surface area contributed by atoms with Gasteiger partial charge in [0.2, 0.25) is 0 Å². The lowest BCUT2D eigenvalue weighted by atomic mass is 10.0. The molecule has 0 amide bonds. The van der Waals surface area contributed by atoms with E-state index in [1.54, 1.807) is 6.20 Å². The number of ether oxygens (including phenoxy) is 1. The Balaban J connectivity index is 2.57. The van der Waals surface area contributed by atoms with E-state index in [4.69, 9.17) is 11.6 Å². The topological polar surface area (TPSA) is 59.4 Å². The molecule has 0 saturated carbocycles. The van der Waals surface area contributed by atoms with Crippen LogP contribution in [0.5, 0.6) is 0 Å². The predicted molar refractivity (Wildman–Crippen MR) is 102 cm³/mol. The van der Waals surface area contributed by atoms with Gasteiger partial charge in [0.05, 0.1) is 23.9 Å². The number of pyridine rings is 1. The van der Waals surface area contributed by atoms with E-state index in [0.717, 1.165) is 12.0 Å². The molecule has 1 aromatic heterocycles. The molecule has 0 fully saturated rings. The highest BCUT2D eigenvalue weighted by Gasteiger charge is 2.14. The Morgan fingerprint density at radius 1 is 1.32 bits per heavy atom. The van der Waals surface area contributed by atoms with Crippen LogP contribution in [0.3, 0.4) is 0 Å². The first kappa shape index (κ1) is 21.7. The average Bonchev–Trinajstić information content (AvgIpc) is 2.60. The largest absolute Gasteiger partial charge is 0.469 e. The van der Waals surface area contributed by atoms with E-state index in [9.17, 15) is 9.90 Å². The highest BCUT2D eigenvalue weighted by Crippen LogP contribution is 2.24. The second kappa shape index (κ2) is 12.9. The molecule has 0 aromatic carbocycles. The molecule has 140 valence electrons. The van der Waals surface area contributed by atoms with Gasteiger partial charge < -0.3 is 9.84 Å². The number of hydrogen-bond donors (Lipinski definition) is 1. The molecule has 4 nitrogen and oxygen atoms in total. The monoisotopic (exact) mass is 367 g/mol. The van der Waals surface area contributed by atoms with E-state index in [0.29, 0.717) is 30.0 Å². The Morgan fingerprint density at radius 2 is 2.08 bits per heavy atom. The summed E-state index contributed by atoms with van der Waals surface area (Å²) in [5.41, 5.74) is 1.45. The molecule has 1 atom stereocenters. The summed E-state index contributed by atoms with van der Waals surface area (Å²) in [5, 5.41) is 10.9. The standard InChI is InChI=1S/C20H30ClNO3/c1-3-4-5-6-7-8-9-11-16-14-17(21)15-22-20(16)18(23)12-10-13-19(24)25-2/h9,11,14-15,18,23H,3-8,10,12-13H2,1-2H3/b11-9+. The molecule has 0 saturated heterocycles. The molecule has 0 spiro atoms. The minimum absolute atomic E-state index is 0.264. The fourth-order valence-corrected chi connectivity index (χ4v) is 2.80. The van der Waals surface area contributed by atoms with Crippen molar-refractivity contribution in [1.82, 2.24) is 4.98 Å². The number of nitrogens with zero attached hydrogens (tertiary/aromatic N) is 1. The van der Waals surface area contributed by atoms with Crippen LogP contribution in [0.4, 0.5) is 0 Å². The lowest BCUT2D eigenvalue weighted by Gasteiger charge is -2.13. The van der Waals surface area contributed by atoms with Gasteiger partial charge in [-0.2, -0.15) is 0 Å². The van der Waals surface area contributed by atoms with Gasteiger partial charge in [0.15, 0.2) is 0 Å². The molecule has 0 aliphatic carbocycles. The van der Waals surface area contributed by atoms with E-state index in [1.807, 2.05) is 12.1 Å². The maximum absolute atomic E-state index is 11.2. The van der Waals surface area contributed by atoms with Gasteiger partial charge in [-0.1, -0.05) is 56.4 Å². The Labute approximate surface area is 156 Å². The highest BCUT2D eigenvalue weighted by molar-refractivity contribution is 6.30. The van der Waals surface area contributed by atoms with E-state index in [1.165, 1.54) is 39.2 Å². The molecule has 5 heteroatoms. The van der Waals surface area contributed by atoms with Crippen LogP contribution in [0.2, 0.25) is 5.02 Å². The number of carbonyl (C=O) groups is 1. The lowest BCUT2D eigenvalue weighted by Crippen LogP contribution is -2.05. The summed E-state index contributed by atoms with van der Waals surface area (Å²) < 4.78 is 4.61. The quantitative estimate of drug-likeness (QED) is 0.392. The van der Waals surface area contributed by atoms with Gasteiger partial charge in [-0.05, 0) is 37.3 Å². The van der Waals surface area contributed by atoms with Crippen LogP contribution in [0.1, 0.15) is 82.1 Å². The zero-order chi connectivity index (χ0) is 18.5. The third-order valence-corrected chi connectivity index (χ3v) is 4.30. The van der Waals surface area contributed by atoms with Crippen molar-refractivity contribution in [3.8, 4) is 0 Å². The molecule has 1 heterocycles. The summed E-state index contributed by atoms with van der Waals surface area (Å²) in [6, 6.07) is 1.82. The van der Waals surface area contributed by atoms with Crippen molar-refractivity contribution in [1.29, 1.82) is 0 Å². The lowest BCUT2D eigenvalue weighted by molar-refractivity contribution is -0.140. The number of aliphatic hydroxyl groups excluding tert-OH is 1. The minimum Gasteiger partial charge on any atom is -0.469 e. The highest BCUT2D eigenvalue weighted by atomic mass is 35.5. The number of carbonyl (C=O) groups excluding carboxylic acids is 1. The van der Waals surface area contributed by atoms with Crippen molar-refractivity contribution in [2.45, 2.75) is 70.8 Å². The molecule has 0 aliphatic rings. The number of halogens is 1. The molecule has 0 bridgehead atoms. The maximum atomic E-state index is 11.2. The molecule has 1 unspecified atom stereocenters. The third-order valence-electron chi connectivity index (χ3n) is 4.09. The summed E-state index contributed by atoms with van der Waals surface area (Å²) in [7, 11) is 1.37. The first-order valence-electron chi connectivity index (χ1n) is 9.15. The van der Waals surface area contributed by atoms with Gasteiger partial charge in [0.25, 0.3) is 0 Å². The number of methoxy groups -OCH3 is 1.